The number of hydrogen-bond donors (Lipinski definition) is 2. The van der Waals surface area contributed by atoms with Crippen LogP contribution in [0, 0.1) is 0 Å². The summed E-state index contributed by atoms with van der Waals surface area (Å²) in [7, 11) is 0. The second kappa shape index (κ2) is 5.91. The van der Waals surface area contributed by atoms with Crippen molar-refractivity contribution in [3.8, 4) is 0 Å². The highest BCUT2D eigenvalue weighted by Gasteiger charge is 2.17. The Hall–Kier alpha value is -0.790. The van der Waals surface area contributed by atoms with Gasteiger partial charge in [0.15, 0.2) is 0 Å². The molecule has 0 saturated heterocycles. The summed E-state index contributed by atoms with van der Waals surface area (Å²) in [5.74, 6) is 5.75. The molecule has 1 unspecified atom stereocenters. The van der Waals surface area contributed by atoms with Gasteiger partial charge in [0.05, 0.1) is 15.3 Å². The minimum atomic E-state index is -0.0350. The molecule has 102 valence electrons. The molecule has 6 heteroatoms. The number of benzene rings is 1. The van der Waals surface area contributed by atoms with E-state index in [1.807, 2.05) is 12.1 Å². The number of nitrogens with zero attached hydrogens (tertiary/aromatic N) is 1. The molecular formula is C14H11Br2N3S. The van der Waals surface area contributed by atoms with Gasteiger partial charge in [-0.15, -0.1) is 11.3 Å². The van der Waals surface area contributed by atoms with Crippen molar-refractivity contribution in [3.63, 3.8) is 0 Å². The minimum Gasteiger partial charge on any atom is -0.271 e. The molecule has 0 aliphatic rings. The number of aromatic nitrogens is 1. The average molecular weight is 413 g/mol. The number of nitrogens with two attached hydrogens (primary N) is 1. The van der Waals surface area contributed by atoms with Crippen molar-refractivity contribution in [1.29, 1.82) is 0 Å². The van der Waals surface area contributed by atoms with Crippen molar-refractivity contribution in [3.05, 3.63) is 61.3 Å². The Bertz CT molecular complexity index is 738. The van der Waals surface area contributed by atoms with Crippen LogP contribution in [-0.4, -0.2) is 4.98 Å². The first-order valence-electron chi connectivity index (χ1n) is 5.94. The van der Waals surface area contributed by atoms with Crippen LogP contribution in [0.4, 0.5) is 0 Å². The number of pyridine rings is 1. The molecule has 0 saturated carbocycles. The average Bonchev–Trinajstić information content (AvgIpc) is 2.79. The number of hydrazine groups is 1. The van der Waals surface area contributed by atoms with Crippen molar-refractivity contribution in [2.75, 3.05) is 0 Å². The van der Waals surface area contributed by atoms with Crippen molar-refractivity contribution in [1.82, 2.24) is 10.4 Å². The van der Waals surface area contributed by atoms with Crippen molar-refractivity contribution in [2.24, 2.45) is 5.84 Å². The number of thiophene rings is 1. The maximum atomic E-state index is 5.75. The van der Waals surface area contributed by atoms with Gasteiger partial charge in [0, 0.05) is 20.9 Å². The van der Waals surface area contributed by atoms with E-state index in [0.717, 1.165) is 29.6 Å². The fourth-order valence-corrected chi connectivity index (χ4v) is 4.30. The SMILES string of the molecule is NNC(c1ccc2ncccc2c1)c1cc(Br)c(Br)s1. The van der Waals surface area contributed by atoms with Gasteiger partial charge in [-0.05, 0) is 61.7 Å². The molecule has 0 amide bonds. The first-order valence-corrected chi connectivity index (χ1v) is 8.35. The zero-order valence-corrected chi connectivity index (χ0v) is 14.3. The Kier molecular flexibility index (Phi) is 4.18. The van der Waals surface area contributed by atoms with E-state index in [1.54, 1.807) is 17.5 Å². The van der Waals surface area contributed by atoms with E-state index < -0.39 is 0 Å². The molecule has 3 N–H and O–H groups in total. The Morgan fingerprint density at radius 2 is 2.05 bits per heavy atom. The molecule has 2 aromatic heterocycles. The van der Waals surface area contributed by atoms with Crippen LogP contribution in [0.25, 0.3) is 10.9 Å². The summed E-state index contributed by atoms with van der Waals surface area (Å²) in [6, 6.07) is 12.2. The van der Waals surface area contributed by atoms with Crippen LogP contribution in [-0.2, 0) is 0 Å². The highest BCUT2D eigenvalue weighted by Crippen LogP contribution is 2.37. The maximum Gasteiger partial charge on any atom is 0.0843 e. The van der Waals surface area contributed by atoms with E-state index in [0.29, 0.717) is 0 Å². The summed E-state index contributed by atoms with van der Waals surface area (Å²) >= 11 is 8.69. The normalized spacial score (nSPS) is 12.8. The summed E-state index contributed by atoms with van der Waals surface area (Å²) < 4.78 is 2.11. The van der Waals surface area contributed by atoms with Crippen LogP contribution in [0.3, 0.4) is 0 Å². The number of rotatable bonds is 3. The van der Waals surface area contributed by atoms with E-state index in [-0.39, 0.29) is 6.04 Å². The first kappa shape index (κ1) is 14.2. The standard InChI is InChI=1S/C14H11Br2N3S/c15-10-7-12(20-14(10)16)13(19-17)9-3-4-11-8(6-9)2-1-5-18-11/h1-7,13,19H,17H2. The second-order valence-electron chi connectivity index (χ2n) is 4.33. The predicted octanol–water partition coefficient (Wildman–Crippen LogP) is 4.37. The molecule has 0 spiro atoms. The van der Waals surface area contributed by atoms with Crippen LogP contribution < -0.4 is 11.3 Å². The maximum absolute atomic E-state index is 5.75. The lowest BCUT2D eigenvalue weighted by Crippen LogP contribution is -2.28. The summed E-state index contributed by atoms with van der Waals surface area (Å²) in [5, 5.41) is 1.11. The molecule has 0 radical (unpaired) electrons. The van der Waals surface area contributed by atoms with Crippen LogP contribution in [0.15, 0.2) is 50.9 Å². The van der Waals surface area contributed by atoms with E-state index in [9.17, 15) is 0 Å². The third-order valence-corrected chi connectivity index (χ3v) is 6.40. The van der Waals surface area contributed by atoms with E-state index in [1.165, 1.54) is 0 Å². The number of nitrogens with one attached hydrogen (secondary N) is 1. The van der Waals surface area contributed by atoms with E-state index in [2.05, 4.69) is 66.5 Å². The fourth-order valence-electron chi connectivity index (χ4n) is 2.12. The lowest BCUT2D eigenvalue weighted by atomic mass is 10.0. The van der Waals surface area contributed by atoms with Gasteiger partial charge in [-0.3, -0.25) is 10.8 Å². The minimum absolute atomic E-state index is 0.0350. The molecule has 1 atom stereocenters. The van der Waals surface area contributed by atoms with Gasteiger partial charge in [-0.25, -0.2) is 5.43 Å². The van der Waals surface area contributed by atoms with Gasteiger partial charge >= 0.3 is 0 Å². The fraction of sp³-hybridized carbons (Fsp3) is 0.0714. The van der Waals surface area contributed by atoms with Gasteiger partial charge in [-0.2, -0.15) is 0 Å². The zero-order chi connectivity index (χ0) is 14.1. The Balaban J connectivity index is 2.06. The van der Waals surface area contributed by atoms with E-state index in [4.69, 9.17) is 5.84 Å². The number of hydrogen-bond acceptors (Lipinski definition) is 4. The van der Waals surface area contributed by atoms with Gasteiger partial charge in [0.2, 0.25) is 0 Å². The molecule has 3 rings (SSSR count). The molecule has 0 bridgehead atoms. The van der Waals surface area contributed by atoms with E-state index >= 15 is 0 Å². The smallest absolute Gasteiger partial charge is 0.0843 e. The van der Waals surface area contributed by atoms with Gasteiger partial charge in [0.25, 0.3) is 0 Å². The highest BCUT2D eigenvalue weighted by molar-refractivity contribution is 9.13. The van der Waals surface area contributed by atoms with Crippen molar-refractivity contribution < 1.29 is 0 Å². The second-order valence-corrected chi connectivity index (χ2v) is 7.58. The van der Waals surface area contributed by atoms with Gasteiger partial charge in [0.1, 0.15) is 0 Å². The molecule has 0 aliphatic heterocycles. The number of fused-ring (bicyclic) bond motifs is 1. The van der Waals surface area contributed by atoms with Crippen molar-refractivity contribution >= 4 is 54.1 Å². The molecule has 2 heterocycles. The lowest BCUT2D eigenvalue weighted by Gasteiger charge is -2.15. The highest BCUT2D eigenvalue weighted by atomic mass is 79.9. The third-order valence-electron chi connectivity index (χ3n) is 3.08. The molecule has 20 heavy (non-hydrogen) atoms. The lowest BCUT2D eigenvalue weighted by molar-refractivity contribution is 0.647. The molecule has 0 fully saturated rings. The molecule has 3 nitrogen and oxygen atoms in total. The molecule has 0 aliphatic carbocycles. The van der Waals surface area contributed by atoms with Crippen molar-refractivity contribution in [2.45, 2.75) is 6.04 Å². The van der Waals surface area contributed by atoms with Crippen LogP contribution in [0.5, 0.6) is 0 Å². The van der Waals surface area contributed by atoms with Crippen LogP contribution >= 0.6 is 43.2 Å². The van der Waals surface area contributed by atoms with Gasteiger partial charge in [-0.1, -0.05) is 12.1 Å². The summed E-state index contributed by atoms with van der Waals surface area (Å²) in [6.45, 7) is 0. The zero-order valence-electron chi connectivity index (χ0n) is 10.3. The largest absolute Gasteiger partial charge is 0.271 e. The third kappa shape index (κ3) is 2.66. The quantitative estimate of drug-likeness (QED) is 0.495. The summed E-state index contributed by atoms with van der Waals surface area (Å²) in [6.07, 6.45) is 1.80. The molecule has 3 aromatic rings. The Morgan fingerprint density at radius 3 is 2.75 bits per heavy atom. The Labute approximate surface area is 137 Å². The van der Waals surface area contributed by atoms with Gasteiger partial charge < -0.3 is 0 Å². The van der Waals surface area contributed by atoms with Crippen LogP contribution in [0.2, 0.25) is 0 Å². The summed E-state index contributed by atoms with van der Waals surface area (Å²) in [4.78, 5) is 5.48. The first-order chi connectivity index (χ1) is 9.69. The monoisotopic (exact) mass is 411 g/mol. The van der Waals surface area contributed by atoms with Crippen LogP contribution in [0.1, 0.15) is 16.5 Å². The Morgan fingerprint density at radius 1 is 1.20 bits per heavy atom. The molecular weight excluding hydrogens is 402 g/mol. The topological polar surface area (TPSA) is 50.9 Å². The summed E-state index contributed by atoms with van der Waals surface area (Å²) in [5.41, 5.74) is 4.99. The molecule has 1 aromatic carbocycles. The predicted molar refractivity (Wildman–Crippen MR) is 90.6 cm³/mol. The number of halogens is 2.